The number of hydrogen-bond donors (Lipinski definition) is 0. The number of anilines is 3. The van der Waals surface area contributed by atoms with Crippen LogP contribution in [0.25, 0.3) is 66.4 Å². The molecule has 1 aliphatic rings. The van der Waals surface area contributed by atoms with Gasteiger partial charge in [-0.1, -0.05) is 200 Å². The number of para-hydroxylation sites is 2. The summed E-state index contributed by atoms with van der Waals surface area (Å²) in [5.41, 5.74) is 18.9. The third-order valence-corrected chi connectivity index (χ3v) is 13.0. The number of furan rings is 1. The standard InChI is InChI=1S/C61H41NO/c1-5-17-42(18-6-1)44-29-31-45(32-30-44)51-25-13-15-27-58(51)62(49-35-38-60-55(40-49)54-26-14-16-28-59(54)63-60)50-34-37-53-52-36-33-46(43-19-7-2-8-20-43)39-56(52)61(57(53)41-50,47-21-9-3-10-22-47)48-23-11-4-12-24-48/h1-41H. The zero-order valence-electron chi connectivity index (χ0n) is 34.5. The molecule has 12 rings (SSSR count). The van der Waals surface area contributed by atoms with Gasteiger partial charge in [0.05, 0.1) is 11.1 Å². The van der Waals surface area contributed by atoms with Crippen molar-refractivity contribution < 1.29 is 4.42 Å². The van der Waals surface area contributed by atoms with E-state index in [0.717, 1.165) is 50.1 Å². The molecule has 1 aromatic heterocycles. The minimum Gasteiger partial charge on any atom is -0.456 e. The maximum Gasteiger partial charge on any atom is 0.135 e. The van der Waals surface area contributed by atoms with E-state index < -0.39 is 5.41 Å². The minimum absolute atomic E-state index is 0.600. The molecule has 0 fully saturated rings. The Morgan fingerprint density at radius 1 is 0.302 bits per heavy atom. The fraction of sp³-hybridized carbons (Fsp3) is 0.0164. The molecule has 0 bridgehead atoms. The van der Waals surface area contributed by atoms with E-state index in [1.807, 2.05) is 6.07 Å². The van der Waals surface area contributed by atoms with Gasteiger partial charge in [0.15, 0.2) is 0 Å². The van der Waals surface area contributed by atoms with Gasteiger partial charge in [0.2, 0.25) is 0 Å². The molecular weight excluding hydrogens is 763 g/mol. The lowest BCUT2D eigenvalue weighted by Gasteiger charge is -2.35. The normalized spacial score (nSPS) is 12.6. The van der Waals surface area contributed by atoms with Crippen LogP contribution < -0.4 is 4.90 Å². The van der Waals surface area contributed by atoms with Crippen LogP contribution >= 0.6 is 0 Å². The van der Waals surface area contributed by atoms with Crippen molar-refractivity contribution in [1.82, 2.24) is 0 Å². The van der Waals surface area contributed by atoms with Crippen molar-refractivity contribution in [2.45, 2.75) is 5.41 Å². The molecule has 296 valence electrons. The summed E-state index contributed by atoms with van der Waals surface area (Å²) in [6.45, 7) is 0. The second-order valence-corrected chi connectivity index (χ2v) is 16.4. The molecule has 0 aliphatic heterocycles. The van der Waals surface area contributed by atoms with Gasteiger partial charge in [0, 0.05) is 27.7 Å². The van der Waals surface area contributed by atoms with Gasteiger partial charge < -0.3 is 9.32 Å². The first-order valence-corrected chi connectivity index (χ1v) is 21.7. The third kappa shape index (κ3) is 6.02. The molecule has 2 nitrogen and oxygen atoms in total. The molecule has 0 spiro atoms. The molecule has 11 aromatic rings. The van der Waals surface area contributed by atoms with Crippen molar-refractivity contribution in [2.24, 2.45) is 0 Å². The quantitative estimate of drug-likeness (QED) is 0.152. The van der Waals surface area contributed by atoms with Crippen molar-refractivity contribution in [2.75, 3.05) is 4.90 Å². The third-order valence-electron chi connectivity index (χ3n) is 13.0. The molecule has 0 atom stereocenters. The lowest BCUT2D eigenvalue weighted by Crippen LogP contribution is -2.28. The second kappa shape index (κ2) is 15.1. The smallest absolute Gasteiger partial charge is 0.135 e. The molecule has 0 saturated carbocycles. The van der Waals surface area contributed by atoms with E-state index in [2.05, 4.69) is 248 Å². The lowest BCUT2D eigenvalue weighted by atomic mass is 9.67. The van der Waals surface area contributed by atoms with E-state index in [1.54, 1.807) is 0 Å². The Hall–Kier alpha value is -8.20. The molecule has 0 N–H and O–H groups in total. The van der Waals surface area contributed by atoms with E-state index in [4.69, 9.17) is 4.42 Å². The van der Waals surface area contributed by atoms with Crippen molar-refractivity contribution in [1.29, 1.82) is 0 Å². The molecule has 2 heteroatoms. The monoisotopic (exact) mass is 803 g/mol. The summed E-state index contributed by atoms with van der Waals surface area (Å²) >= 11 is 0. The Morgan fingerprint density at radius 3 is 1.48 bits per heavy atom. The van der Waals surface area contributed by atoms with Gasteiger partial charge in [-0.05, 0) is 110 Å². The molecule has 0 saturated heterocycles. The van der Waals surface area contributed by atoms with Crippen molar-refractivity contribution in [3.8, 4) is 44.5 Å². The Labute approximate surface area is 367 Å². The zero-order valence-corrected chi connectivity index (χ0v) is 34.5. The average molecular weight is 804 g/mol. The molecule has 1 heterocycles. The Bertz CT molecular complexity index is 3390. The molecule has 0 radical (unpaired) electrons. The SMILES string of the molecule is c1ccc(-c2ccc(-c3ccccc3N(c3ccc4c(c3)C(c3ccccc3)(c3ccccc3)c3cc(-c5ccccc5)ccc3-4)c3ccc4oc5ccccc5c4c3)cc2)cc1. The Morgan fingerprint density at radius 2 is 0.778 bits per heavy atom. The Kier molecular flexibility index (Phi) is 8.76. The van der Waals surface area contributed by atoms with Crippen LogP contribution in [0.3, 0.4) is 0 Å². The van der Waals surface area contributed by atoms with Crippen LogP contribution in [0.1, 0.15) is 22.3 Å². The number of fused-ring (bicyclic) bond motifs is 6. The predicted octanol–water partition coefficient (Wildman–Crippen LogP) is 16.4. The highest BCUT2D eigenvalue weighted by molar-refractivity contribution is 6.07. The van der Waals surface area contributed by atoms with Crippen LogP contribution in [0.5, 0.6) is 0 Å². The fourth-order valence-electron chi connectivity index (χ4n) is 10.1. The van der Waals surface area contributed by atoms with Crippen LogP contribution in [0, 0.1) is 0 Å². The summed E-state index contributed by atoms with van der Waals surface area (Å²) in [6, 6.07) is 90.5. The van der Waals surface area contributed by atoms with Crippen molar-refractivity contribution in [3.63, 3.8) is 0 Å². The van der Waals surface area contributed by atoms with E-state index in [9.17, 15) is 0 Å². The summed E-state index contributed by atoms with van der Waals surface area (Å²) in [4.78, 5) is 2.45. The van der Waals surface area contributed by atoms with Crippen molar-refractivity contribution >= 4 is 39.0 Å². The first-order valence-electron chi connectivity index (χ1n) is 21.7. The fourth-order valence-corrected chi connectivity index (χ4v) is 10.1. The number of nitrogens with zero attached hydrogens (tertiary/aromatic N) is 1. The predicted molar refractivity (Wildman–Crippen MR) is 262 cm³/mol. The van der Waals surface area contributed by atoms with Crippen LogP contribution in [-0.4, -0.2) is 0 Å². The van der Waals surface area contributed by atoms with Crippen molar-refractivity contribution in [3.05, 3.63) is 271 Å². The molecule has 0 unspecified atom stereocenters. The van der Waals surface area contributed by atoms with Gasteiger partial charge in [0.25, 0.3) is 0 Å². The lowest BCUT2D eigenvalue weighted by molar-refractivity contribution is 0.669. The number of hydrogen-bond acceptors (Lipinski definition) is 2. The number of rotatable bonds is 8. The largest absolute Gasteiger partial charge is 0.456 e. The molecular formula is C61H41NO. The van der Waals surface area contributed by atoms with E-state index in [0.29, 0.717) is 0 Å². The van der Waals surface area contributed by atoms with Gasteiger partial charge >= 0.3 is 0 Å². The summed E-state index contributed by atoms with van der Waals surface area (Å²) < 4.78 is 6.38. The van der Waals surface area contributed by atoms with Crippen LogP contribution in [0.15, 0.2) is 253 Å². The highest BCUT2D eigenvalue weighted by Gasteiger charge is 2.46. The van der Waals surface area contributed by atoms with Crippen LogP contribution in [0.4, 0.5) is 17.1 Å². The van der Waals surface area contributed by atoms with E-state index in [-0.39, 0.29) is 0 Å². The van der Waals surface area contributed by atoms with Gasteiger partial charge in [-0.25, -0.2) is 0 Å². The van der Waals surface area contributed by atoms with E-state index >= 15 is 0 Å². The minimum atomic E-state index is -0.600. The van der Waals surface area contributed by atoms with Crippen LogP contribution in [-0.2, 0) is 5.41 Å². The van der Waals surface area contributed by atoms with Gasteiger partial charge in [-0.3, -0.25) is 0 Å². The first-order chi connectivity index (χ1) is 31.2. The molecule has 1 aliphatic carbocycles. The van der Waals surface area contributed by atoms with Gasteiger partial charge in [-0.15, -0.1) is 0 Å². The molecule has 10 aromatic carbocycles. The number of benzene rings is 10. The van der Waals surface area contributed by atoms with Crippen LogP contribution in [0.2, 0.25) is 0 Å². The maximum absolute atomic E-state index is 6.38. The summed E-state index contributed by atoms with van der Waals surface area (Å²) in [7, 11) is 0. The topological polar surface area (TPSA) is 16.4 Å². The molecule has 0 amide bonds. The Balaban J connectivity index is 1.11. The van der Waals surface area contributed by atoms with Gasteiger partial charge in [0.1, 0.15) is 11.2 Å². The molecule has 63 heavy (non-hydrogen) atoms. The maximum atomic E-state index is 6.38. The first kappa shape index (κ1) is 36.6. The summed E-state index contributed by atoms with van der Waals surface area (Å²) in [5.74, 6) is 0. The van der Waals surface area contributed by atoms with Gasteiger partial charge in [-0.2, -0.15) is 0 Å². The summed E-state index contributed by atoms with van der Waals surface area (Å²) in [6.07, 6.45) is 0. The highest BCUT2D eigenvalue weighted by Crippen LogP contribution is 2.58. The van der Waals surface area contributed by atoms with E-state index in [1.165, 1.54) is 55.6 Å². The zero-order chi connectivity index (χ0) is 41.7. The average Bonchev–Trinajstić information content (AvgIpc) is 3.88. The summed E-state index contributed by atoms with van der Waals surface area (Å²) in [5, 5.41) is 2.19. The second-order valence-electron chi connectivity index (χ2n) is 16.4. The highest BCUT2D eigenvalue weighted by atomic mass is 16.3.